The first-order chi connectivity index (χ1) is 20.3. The molecule has 218 valence electrons. The summed E-state index contributed by atoms with van der Waals surface area (Å²) in [6, 6.07) is 23.5. The van der Waals surface area contributed by atoms with Crippen LogP contribution >= 0.6 is 0 Å². The monoisotopic (exact) mass is 570 g/mol. The van der Waals surface area contributed by atoms with E-state index in [1.165, 1.54) is 5.56 Å². The predicted molar refractivity (Wildman–Crippen MR) is 156 cm³/mol. The Bertz CT molecular complexity index is 1440. The van der Waals surface area contributed by atoms with E-state index in [1.807, 2.05) is 42.5 Å². The number of aliphatic carboxylic acids is 1. The average Bonchev–Trinajstić information content (AvgIpc) is 2.99. The molecule has 42 heavy (non-hydrogen) atoms. The Morgan fingerprint density at radius 3 is 2.02 bits per heavy atom. The normalized spacial score (nSPS) is 12.9. The number of benzene rings is 3. The minimum absolute atomic E-state index is 0.0374. The Kier molecular flexibility index (Phi) is 10.4. The van der Waals surface area contributed by atoms with Crippen LogP contribution in [0.15, 0.2) is 78.9 Å². The molecule has 4 N–H and O–H groups in total. The molecule has 4 amide bonds. The van der Waals surface area contributed by atoms with E-state index in [0.717, 1.165) is 35.2 Å². The van der Waals surface area contributed by atoms with Gasteiger partial charge in [-0.05, 0) is 41.2 Å². The standard InChI is InChI=1S/C32H34N4O6/c37-28(33-19-29(38)34-20-30(39)35-26(32(41)42)18-22-8-2-1-3-9-22)16-17-31(40)36-21-25-12-5-4-10-23(25)14-15-24-11-6-7-13-27(24)36/h1-13,26H,14-21H2,(H,33,37)(H,34,38)(H,35,39)(H,41,42). The fraction of sp³-hybridized carbons (Fsp3) is 0.281. The van der Waals surface area contributed by atoms with E-state index in [0.29, 0.717) is 6.54 Å². The number of carboxylic acid groups (broad SMARTS) is 1. The van der Waals surface area contributed by atoms with Gasteiger partial charge < -0.3 is 26.0 Å². The molecule has 0 bridgehead atoms. The van der Waals surface area contributed by atoms with Crippen molar-refractivity contribution in [3.8, 4) is 0 Å². The Morgan fingerprint density at radius 2 is 1.29 bits per heavy atom. The maximum Gasteiger partial charge on any atom is 0.326 e. The van der Waals surface area contributed by atoms with E-state index in [2.05, 4.69) is 22.0 Å². The lowest BCUT2D eigenvalue weighted by Crippen LogP contribution is -2.47. The smallest absolute Gasteiger partial charge is 0.326 e. The van der Waals surface area contributed by atoms with Gasteiger partial charge in [-0.15, -0.1) is 0 Å². The van der Waals surface area contributed by atoms with Crippen LogP contribution in [0.1, 0.15) is 35.1 Å². The largest absolute Gasteiger partial charge is 0.480 e. The van der Waals surface area contributed by atoms with Crippen LogP contribution < -0.4 is 20.9 Å². The van der Waals surface area contributed by atoms with E-state index < -0.39 is 36.3 Å². The number of carboxylic acids is 1. The van der Waals surface area contributed by atoms with Crippen molar-refractivity contribution < 1.29 is 29.1 Å². The molecule has 10 heteroatoms. The number of carbonyl (C=O) groups excluding carboxylic acids is 4. The minimum Gasteiger partial charge on any atom is -0.480 e. The molecule has 1 unspecified atom stereocenters. The Labute approximate surface area is 244 Å². The summed E-state index contributed by atoms with van der Waals surface area (Å²) in [4.78, 5) is 63.4. The second-order valence-corrected chi connectivity index (χ2v) is 10.1. The molecule has 0 saturated carbocycles. The van der Waals surface area contributed by atoms with Gasteiger partial charge in [-0.1, -0.05) is 72.8 Å². The highest BCUT2D eigenvalue weighted by molar-refractivity contribution is 5.96. The molecule has 3 aromatic rings. The zero-order chi connectivity index (χ0) is 29.9. The Balaban J connectivity index is 1.22. The lowest BCUT2D eigenvalue weighted by Gasteiger charge is -2.28. The highest BCUT2D eigenvalue weighted by Gasteiger charge is 2.23. The van der Waals surface area contributed by atoms with Crippen molar-refractivity contribution in [2.45, 2.75) is 44.7 Å². The van der Waals surface area contributed by atoms with Gasteiger partial charge in [-0.25, -0.2) is 4.79 Å². The van der Waals surface area contributed by atoms with Crippen molar-refractivity contribution in [3.05, 3.63) is 101 Å². The first kappa shape index (κ1) is 30.0. The molecule has 3 aromatic carbocycles. The van der Waals surface area contributed by atoms with Crippen LogP contribution in [0.2, 0.25) is 0 Å². The van der Waals surface area contributed by atoms with Crippen LogP contribution in [0.3, 0.4) is 0 Å². The second kappa shape index (κ2) is 14.6. The van der Waals surface area contributed by atoms with Gasteiger partial charge >= 0.3 is 5.97 Å². The molecule has 0 fully saturated rings. The Hall–Kier alpha value is -4.99. The van der Waals surface area contributed by atoms with Gasteiger partial charge in [0, 0.05) is 24.9 Å². The molecule has 1 aliphatic rings. The molecule has 0 aromatic heterocycles. The highest BCUT2D eigenvalue weighted by Crippen LogP contribution is 2.29. The molecule has 1 atom stereocenters. The number of anilines is 1. The summed E-state index contributed by atoms with van der Waals surface area (Å²) in [5.41, 5.74) is 4.91. The van der Waals surface area contributed by atoms with Crippen LogP contribution in [0.4, 0.5) is 5.69 Å². The molecular weight excluding hydrogens is 536 g/mol. The fourth-order valence-corrected chi connectivity index (χ4v) is 4.85. The first-order valence-electron chi connectivity index (χ1n) is 13.8. The summed E-state index contributed by atoms with van der Waals surface area (Å²) in [5, 5.41) is 16.6. The molecule has 1 aliphatic heterocycles. The van der Waals surface area contributed by atoms with Crippen LogP contribution in [0.5, 0.6) is 0 Å². The van der Waals surface area contributed by atoms with E-state index in [4.69, 9.17) is 0 Å². The first-order valence-corrected chi connectivity index (χ1v) is 13.8. The summed E-state index contributed by atoms with van der Waals surface area (Å²) in [6.45, 7) is -0.416. The van der Waals surface area contributed by atoms with Crippen molar-refractivity contribution in [1.82, 2.24) is 16.0 Å². The van der Waals surface area contributed by atoms with Crippen LogP contribution in [-0.2, 0) is 49.8 Å². The molecule has 4 rings (SSSR count). The number of rotatable bonds is 11. The lowest BCUT2D eigenvalue weighted by molar-refractivity contribution is -0.141. The number of hydrogen-bond acceptors (Lipinski definition) is 5. The van der Waals surface area contributed by atoms with Crippen molar-refractivity contribution in [2.24, 2.45) is 0 Å². The number of aryl methyl sites for hydroxylation is 2. The van der Waals surface area contributed by atoms with Gasteiger partial charge in [0.1, 0.15) is 6.04 Å². The third-order valence-electron chi connectivity index (χ3n) is 7.07. The minimum atomic E-state index is -1.19. The molecule has 10 nitrogen and oxygen atoms in total. The SMILES string of the molecule is O=C(CCC(=O)N1Cc2ccccc2CCc2ccccc21)NCC(=O)NCC(=O)NC(Cc1ccccc1)C(=O)O. The predicted octanol–water partition coefficient (Wildman–Crippen LogP) is 2.14. The molecule has 1 heterocycles. The molecule has 0 aliphatic carbocycles. The molecule has 0 spiro atoms. The van der Waals surface area contributed by atoms with E-state index in [9.17, 15) is 29.1 Å². The summed E-state index contributed by atoms with van der Waals surface area (Å²) >= 11 is 0. The maximum atomic E-state index is 13.3. The van der Waals surface area contributed by atoms with Crippen molar-refractivity contribution in [2.75, 3.05) is 18.0 Å². The van der Waals surface area contributed by atoms with Crippen LogP contribution in [0.25, 0.3) is 0 Å². The molecular formula is C32H34N4O6. The van der Waals surface area contributed by atoms with E-state index in [1.54, 1.807) is 35.2 Å². The highest BCUT2D eigenvalue weighted by atomic mass is 16.4. The van der Waals surface area contributed by atoms with Gasteiger partial charge in [-0.3, -0.25) is 19.2 Å². The van der Waals surface area contributed by atoms with Crippen molar-refractivity contribution in [3.63, 3.8) is 0 Å². The number of hydrogen-bond donors (Lipinski definition) is 4. The number of nitrogens with one attached hydrogen (secondary N) is 3. The number of carbonyl (C=O) groups is 5. The Morgan fingerprint density at radius 1 is 0.690 bits per heavy atom. The molecule has 0 radical (unpaired) electrons. The summed E-state index contributed by atoms with van der Waals surface area (Å²) < 4.78 is 0. The van der Waals surface area contributed by atoms with E-state index >= 15 is 0 Å². The number of para-hydroxylation sites is 1. The summed E-state index contributed by atoms with van der Waals surface area (Å²) in [5.74, 6) is -3.15. The van der Waals surface area contributed by atoms with Gasteiger partial charge in [0.2, 0.25) is 23.6 Å². The van der Waals surface area contributed by atoms with Crippen molar-refractivity contribution >= 4 is 35.3 Å². The van der Waals surface area contributed by atoms with Gasteiger partial charge in [0.05, 0.1) is 19.6 Å². The zero-order valence-corrected chi connectivity index (χ0v) is 23.2. The topological polar surface area (TPSA) is 145 Å². The lowest BCUT2D eigenvalue weighted by atomic mass is 9.95. The zero-order valence-electron chi connectivity index (χ0n) is 23.2. The van der Waals surface area contributed by atoms with Gasteiger partial charge in [0.15, 0.2) is 0 Å². The number of amides is 4. The third-order valence-corrected chi connectivity index (χ3v) is 7.07. The quantitative estimate of drug-likeness (QED) is 0.278. The fourth-order valence-electron chi connectivity index (χ4n) is 4.85. The number of nitrogens with zero attached hydrogens (tertiary/aromatic N) is 1. The summed E-state index contributed by atoms with van der Waals surface area (Å²) in [7, 11) is 0. The van der Waals surface area contributed by atoms with Crippen LogP contribution in [-0.4, -0.2) is 53.8 Å². The number of fused-ring (bicyclic) bond motifs is 2. The van der Waals surface area contributed by atoms with Gasteiger partial charge in [-0.2, -0.15) is 0 Å². The second-order valence-electron chi connectivity index (χ2n) is 10.1. The average molecular weight is 571 g/mol. The third kappa shape index (κ3) is 8.50. The van der Waals surface area contributed by atoms with E-state index in [-0.39, 0.29) is 31.7 Å². The maximum absolute atomic E-state index is 13.3. The van der Waals surface area contributed by atoms with Gasteiger partial charge in [0.25, 0.3) is 0 Å². The van der Waals surface area contributed by atoms with Crippen LogP contribution in [0, 0.1) is 0 Å². The summed E-state index contributed by atoms with van der Waals surface area (Å²) in [6.07, 6.45) is 1.64. The molecule has 0 saturated heterocycles. The van der Waals surface area contributed by atoms with Crippen molar-refractivity contribution in [1.29, 1.82) is 0 Å².